The van der Waals surface area contributed by atoms with E-state index in [9.17, 15) is 0 Å². The van der Waals surface area contributed by atoms with E-state index in [1.54, 1.807) is 0 Å². The fourth-order valence-electron chi connectivity index (χ4n) is 7.38. The molecule has 0 saturated heterocycles. The number of hydrogen-bond donors (Lipinski definition) is 0. The number of benzene rings is 1. The van der Waals surface area contributed by atoms with Crippen molar-refractivity contribution in [3.63, 3.8) is 0 Å². The molecule has 0 amide bonds. The van der Waals surface area contributed by atoms with Gasteiger partial charge in [-0.15, -0.1) is 0 Å². The topological polar surface area (TPSA) is 34.6 Å². The molecule has 2 aliphatic rings. The maximum atomic E-state index is 5.10. The first-order valence-corrected chi connectivity index (χ1v) is 12.8. The lowest BCUT2D eigenvalue weighted by molar-refractivity contribution is 0.243. The molecule has 1 aromatic carbocycles. The molecular weight excluding hydrogens is 392 g/mol. The lowest BCUT2D eigenvalue weighted by atomic mass is 9.72. The molecule has 4 nitrogen and oxygen atoms in total. The minimum absolute atomic E-state index is 0.538. The van der Waals surface area contributed by atoms with E-state index in [2.05, 4.69) is 73.2 Å². The number of imidazole rings is 2. The largest absolute Gasteiger partial charge is 0.281 e. The molecule has 6 rings (SSSR count). The van der Waals surface area contributed by atoms with Gasteiger partial charge < -0.3 is 0 Å². The Hall–Kier alpha value is -2.36. The van der Waals surface area contributed by atoms with Gasteiger partial charge in [0, 0.05) is 34.8 Å². The van der Waals surface area contributed by atoms with Gasteiger partial charge in [0.05, 0.1) is 11.7 Å². The second-order valence-corrected chi connectivity index (χ2v) is 11.0. The lowest BCUT2D eigenvalue weighted by Crippen LogP contribution is -2.25. The van der Waals surface area contributed by atoms with Crippen LogP contribution < -0.4 is 0 Å². The molecule has 2 aliphatic carbocycles. The number of hydrogen-bond acceptors (Lipinski definition) is 2. The van der Waals surface area contributed by atoms with Crippen LogP contribution in [0.2, 0.25) is 0 Å². The van der Waals surface area contributed by atoms with Crippen LogP contribution in [0.3, 0.4) is 0 Å². The second kappa shape index (κ2) is 7.60. The summed E-state index contributed by atoms with van der Waals surface area (Å²) in [4.78, 5) is 10.1. The Morgan fingerprint density at radius 3 is 1.84 bits per heavy atom. The van der Waals surface area contributed by atoms with Crippen LogP contribution in [-0.2, 0) is 0 Å². The maximum absolute atomic E-state index is 5.10. The molecule has 2 fully saturated rings. The molecule has 0 aliphatic heterocycles. The van der Waals surface area contributed by atoms with Crippen molar-refractivity contribution in [3.8, 4) is 0 Å². The molecule has 0 spiro atoms. The van der Waals surface area contributed by atoms with Crippen molar-refractivity contribution in [2.75, 3.05) is 0 Å². The monoisotopic (exact) mass is 428 g/mol. The van der Waals surface area contributed by atoms with E-state index in [0.29, 0.717) is 35.5 Å². The van der Waals surface area contributed by atoms with Crippen LogP contribution in [0.4, 0.5) is 0 Å². The summed E-state index contributed by atoms with van der Waals surface area (Å²) in [6, 6.07) is 8.81. The van der Waals surface area contributed by atoms with Crippen LogP contribution in [0.25, 0.3) is 22.3 Å². The Balaban J connectivity index is 1.67. The summed E-state index contributed by atoms with van der Waals surface area (Å²) in [5.74, 6) is 4.88. The molecule has 4 unspecified atom stereocenters. The zero-order valence-electron chi connectivity index (χ0n) is 20.0. The van der Waals surface area contributed by atoms with Gasteiger partial charge in [0.25, 0.3) is 0 Å². The molecule has 0 radical (unpaired) electrons. The summed E-state index contributed by atoms with van der Waals surface area (Å²) < 4.78 is 4.89. The predicted octanol–water partition coefficient (Wildman–Crippen LogP) is 7.21. The first kappa shape index (κ1) is 20.3. The minimum atomic E-state index is 0.538. The quantitative estimate of drug-likeness (QED) is 0.338. The summed E-state index contributed by atoms with van der Waals surface area (Å²) in [5.41, 5.74) is 5.06. The van der Waals surface area contributed by atoms with Crippen LogP contribution in [0.1, 0.15) is 89.4 Å². The van der Waals surface area contributed by atoms with Crippen LogP contribution in [0.15, 0.2) is 36.7 Å². The molecule has 0 bridgehead atoms. The Morgan fingerprint density at radius 2 is 1.22 bits per heavy atom. The smallest absolute Gasteiger partial charge is 0.220 e. The SMILES string of the molecule is CC1CCCC(C)C1c1cnc2n1c1ccccc1c1ncc(C3C(C)CCCC3C)n12. The summed E-state index contributed by atoms with van der Waals surface area (Å²) in [6.45, 7) is 9.74. The van der Waals surface area contributed by atoms with E-state index in [0.717, 1.165) is 11.4 Å². The van der Waals surface area contributed by atoms with Crippen molar-refractivity contribution < 1.29 is 0 Å². The van der Waals surface area contributed by atoms with Crippen molar-refractivity contribution in [2.24, 2.45) is 23.7 Å². The van der Waals surface area contributed by atoms with Gasteiger partial charge in [-0.05, 0) is 35.8 Å². The van der Waals surface area contributed by atoms with Gasteiger partial charge in [0.1, 0.15) is 5.65 Å². The zero-order valence-corrected chi connectivity index (χ0v) is 20.0. The Bertz CT molecular complexity index is 1260. The molecular formula is C28H36N4. The van der Waals surface area contributed by atoms with Crippen molar-refractivity contribution in [2.45, 2.75) is 78.1 Å². The fraction of sp³-hybridized carbons (Fsp3) is 0.571. The Morgan fingerprint density at radius 1 is 0.688 bits per heavy atom. The van der Waals surface area contributed by atoms with Gasteiger partial charge in [-0.2, -0.15) is 0 Å². The van der Waals surface area contributed by atoms with E-state index in [-0.39, 0.29) is 0 Å². The summed E-state index contributed by atoms with van der Waals surface area (Å²) in [7, 11) is 0. The molecule has 2 saturated carbocycles. The van der Waals surface area contributed by atoms with Gasteiger partial charge in [0.15, 0.2) is 0 Å². The third-order valence-corrected chi connectivity index (χ3v) is 8.92. The van der Waals surface area contributed by atoms with E-state index in [1.807, 2.05) is 0 Å². The molecule has 3 aromatic heterocycles. The van der Waals surface area contributed by atoms with Crippen molar-refractivity contribution in [3.05, 3.63) is 48.0 Å². The molecule has 4 atom stereocenters. The highest BCUT2D eigenvalue weighted by atomic mass is 15.2. The number of rotatable bonds is 2. The van der Waals surface area contributed by atoms with E-state index < -0.39 is 0 Å². The third kappa shape index (κ3) is 2.87. The molecule has 3 heterocycles. The van der Waals surface area contributed by atoms with E-state index in [4.69, 9.17) is 9.97 Å². The average molecular weight is 429 g/mol. The zero-order chi connectivity index (χ0) is 22.0. The summed E-state index contributed by atoms with van der Waals surface area (Å²) in [6.07, 6.45) is 12.3. The predicted molar refractivity (Wildman–Crippen MR) is 131 cm³/mol. The molecule has 4 aromatic rings. The fourth-order valence-corrected chi connectivity index (χ4v) is 7.38. The van der Waals surface area contributed by atoms with Gasteiger partial charge in [0.2, 0.25) is 5.78 Å². The Kier molecular flexibility index (Phi) is 4.81. The number of para-hydroxylation sites is 1. The molecule has 32 heavy (non-hydrogen) atoms. The first-order chi connectivity index (χ1) is 15.6. The first-order valence-electron chi connectivity index (χ1n) is 12.8. The minimum Gasteiger partial charge on any atom is -0.281 e. The summed E-state index contributed by atoms with van der Waals surface area (Å²) >= 11 is 0. The van der Waals surface area contributed by atoms with Crippen molar-refractivity contribution >= 4 is 22.3 Å². The highest BCUT2D eigenvalue weighted by molar-refractivity contribution is 5.94. The van der Waals surface area contributed by atoms with E-state index >= 15 is 0 Å². The lowest BCUT2D eigenvalue weighted by Gasteiger charge is -2.35. The summed E-state index contributed by atoms with van der Waals surface area (Å²) in [5, 5.41) is 1.23. The van der Waals surface area contributed by atoms with Crippen LogP contribution >= 0.6 is 0 Å². The van der Waals surface area contributed by atoms with Gasteiger partial charge in [-0.3, -0.25) is 8.80 Å². The normalized spacial score (nSPS) is 31.6. The van der Waals surface area contributed by atoms with Crippen LogP contribution in [0.5, 0.6) is 0 Å². The van der Waals surface area contributed by atoms with Gasteiger partial charge in [-0.1, -0.05) is 78.4 Å². The molecule has 4 heteroatoms. The van der Waals surface area contributed by atoms with E-state index in [1.165, 1.54) is 60.8 Å². The standard InChI is InChI=1S/C28H36N4/c1-17-9-7-10-18(2)25(17)23-16-30-28-31(23)22-14-6-5-13-21(22)27-29-15-24(32(27)28)26-19(3)11-8-12-20(26)4/h5-6,13-20,25-26H,7-12H2,1-4H3. The number of nitrogens with zero attached hydrogens (tertiary/aromatic N) is 4. The average Bonchev–Trinajstić information content (AvgIpc) is 3.39. The highest BCUT2D eigenvalue weighted by Gasteiger charge is 2.34. The maximum Gasteiger partial charge on any atom is 0.220 e. The highest BCUT2D eigenvalue weighted by Crippen LogP contribution is 2.45. The Labute approximate surface area is 191 Å². The third-order valence-electron chi connectivity index (χ3n) is 8.92. The van der Waals surface area contributed by atoms with Crippen LogP contribution in [0, 0.1) is 23.7 Å². The second-order valence-electron chi connectivity index (χ2n) is 11.0. The molecule has 168 valence electrons. The van der Waals surface area contributed by atoms with Crippen molar-refractivity contribution in [1.82, 2.24) is 18.8 Å². The number of fused-ring (bicyclic) bond motifs is 6. The van der Waals surface area contributed by atoms with Gasteiger partial charge >= 0.3 is 0 Å². The van der Waals surface area contributed by atoms with Crippen LogP contribution in [-0.4, -0.2) is 18.8 Å². The molecule has 0 N–H and O–H groups in total. The van der Waals surface area contributed by atoms with Crippen molar-refractivity contribution in [1.29, 1.82) is 0 Å². The van der Waals surface area contributed by atoms with Gasteiger partial charge in [-0.25, -0.2) is 9.97 Å². The number of aromatic nitrogens is 4.